The van der Waals surface area contributed by atoms with E-state index in [1.807, 2.05) is 12.1 Å². The van der Waals surface area contributed by atoms with Gasteiger partial charge in [-0.1, -0.05) is 112 Å². The fourth-order valence-electron chi connectivity index (χ4n) is 9.23. The number of hydrogen-bond acceptors (Lipinski definition) is 2. The van der Waals surface area contributed by atoms with Gasteiger partial charge in [0.2, 0.25) is 0 Å². The third-order valence-electron chi connectivity index (χ3n) is 12.3. The highest BCUT2D eigenvalue weighted by molar-refractivity contribution is 6.40. The standard InChI is InChI=1S/C48H51BN2/c1-29-21-38-37-17-12-16-36(27-35-15-10-11-18-41(35)50)45(37)31(3)43(26-32-24-33-13-8-9-14-34(33)25-32)51(44(22-29)46(38)49)42-28-40-39(23-30(42)2)47(4,5)19-20-48(40,6)7/h8-18,21-23,26,28H,19-20,24-25,27,49-50H2,1-7H3/b43-31-. The molecule has 51 heavy (non-hydrogen) atoms. The minimum Gasteiger partial charge on any atom is -0.398 e. The van der Waals surface area contributed by atoms with Gasteiger partial charge in [0.05, 0.1) is 0 Å². The van der Waals surface area contributed by atoms with E-state index in [9.17, 15) is 0 Å². The first-order chi connectivity index (χ1) is 24.3. The van der Waals surface area contributed by atoms with Gasteiger partial charge in [-0.2, -0.15) is 0 Å². The molecule has 0 saturated carbocycles. The van der Waals surface area contributed by atoms with Gasteiger partial charge in [-0.15, -0.1) is 0 Å². The highest BCUT2D eigenvalue weighted by atomic mass is 15.2. The van der Waals surface area contributed by atoms with Crippen LogP contribution in [0.3, 0.4) is 0 Å². The molecule has 1 heterocycles. The van der Waals surface area contributed by atoms with Gasteiger partial charge in [-0.05, 0) is 148 Å². The number of nitrogen functional groups attached to an aromatic ring is 1. The summed E-state index contributed by atoms with van der Waals surface area (Å²) in [6, 6.07) is 34.1. The second-order valence-electron chi connectivity index (χ2n) is 16.9. The third kappa shape index (κ3) is 5.66. The van der Waals surface area contributed by atoms with E-state index in [-0.39, 0.29) is 10.8 Å². The van der Waals surface area contributed by atoms with Crippen molar-refractivity contribution in [3.8, 4) is 11.1 Å². The highest BCUT2D eigenvalue weighted by Gasteiger charge is 2.38. The van der Waals surface area contributed by atoms with E-state index < -0.39 is 0 Å². The largest absolute Gasteiger partial charge is 0.398 e. The first kappa shape index (κ1) is 33.4. The Balaban J connectivity index is 1.45. The number of para-hydroxylation sites is 1. The number of nitrogens with zero attached hydrogens (tertiary/aromatic N) is 1. The van der Waals surface area contributed by atoms with E-state index in [0.717, 1.165) is 24.9 Å². The average Bonchev–Trinajstić information content (AvgIpc) is 3.51. The molecule has 2 aliphatic carbocycles. The van der Waals surface area contributed by atoms with Crippen molar-refractivity contribution in [3.63, 3.8) is 0 Å². The third-order valence-corrected chi connectivity index (χ3v) is 12.3. The maximum Gasteiger partial charge on any atom is 0.142 e. The van der Waals surface area contributed by atoms with Gasteiger partial charge in [0, 0.05) is 29.2 Å². The number of fused-ring (bicyclic) bond motifs is 6. The molecule has 0 spiro atoms. The molecule has 256 valence electrons. The number of nitrogens with two attached hydrogens (primary N) is 1. The molecule has 0 unspecified atom stereocenters. The summed E-state index contributed by atoms with van der Waals surface area (Å²) in [6.07, 6.45) is 7.69. The van der Waals surface area contributed by atoms with Crippen LogP contribution >= 0.6 is 0 Å². The van der Waals surface area contributed by atoms with Gasteiger partial charge in [0.15, 0.2) is 0 Å². The molecule has 0 saturated heterocycles. The first-order valence-electron chi connectivity index (χ1n) is 18.8. The number of hydrogen-bond donors (Lipinski definition) is 1. The van der Waals surface area contributed by atoms with E-state index in [4.69, 9.17) is 5.73 Å². The van der Waals surface area contributed by atoms with Crippen molar-refractivity contribution >= 4 is 35.9 Å². The minimum atomic E-state index is 0.0999. The number of anilines is 3. The van der Waals surface area contributed by atoms with Crippen molar-refractivity contribution in [2.24, 2.45) is 0 Å². The summed E-state index contributed by atoms with van der Waals surface area (Å²) in [4.78, 5) is 2.64. The summed E-state index contributed by atoms with van der Waals surface area (Å²) < 4.78 is 0. The van der Waals surface area contributed by atoms with Gasteiger partial charge in [0.1, 0.15) is 7.85 Å². The van der Waals surface area contributed by atoms with Crippen LogP contribution in [0.1, 0.15) is 97.5 Å². The molecule has 0 fully saturated rings. The van der Waals surface area contributed by atoms with Crippen molar-refractivity contribution in [2.45, 2.75) is 91.4 Å². The quantitative estimate of drug-likeness (QED) is 0.153. The topological polar surface area (TPSA) is 29.3 Å². The monoisotopic (exact) mass is 666 g/mol. The SMILES string of the molecule is Bc1c2cc(C)cc1N(c1cc3c(cc1C)C(C)(C)CCC3(C)C)/C(C=C1Cc3ccccc3C1)=C(/C)c1c(Cc3ccccc3N)cccc1-2. The van der Waals surface area contributed by atoms with Crippen LogP contribution in [0.2, 0.25) is 0 Å². The Kier molecular flexibility index (Phi) is 7.98. The Morgan fingerprint density at radius 3 is 2.02 bits per heavy atom. The molecule has 3 aliphatic rings. The van der Waals surface area contributed by atoms with Gasteiger partial charge in [-0.25, -0.2) is 0 Å². The van der Waals surface area contributed by atoms with E-state index in [1.165, 1.54) is 108 Å². The fourth-order valence-corrected chi connectivity index (χ4v) is 9.23. The predicted molar refractivity (Wildman–Crippen MR) is 222 cm³/mol. The zero-order chi connectivity index (χ0) is 35.8. The van der Waals surface area contributed by atoms with Gasteiger partial charge in [0.25, 0.3) is 0 Å². The predicted octanol–water partition coefficient (Wildman–Crippen LogP) is 10.4. The molecule has 0 aromatic heterocycles. The minimum absolute atomic E-state index is 0.0999. The van der Waals surface area contributed by atoms with Crippen LogP contribution in [0, 0.1) is 13.8 Å². The van der Waals surface area contributed by atoms with Crippen LogP contribution in [0.5, 0.6) is 0 Å². The number of benzene rings is 5. The molecule has 0 radical (unpaired) electrons. The van der Waals surface area contributed by atoms with Crippen LogP contribution in [-0.4, -0.2) is 7.85 Å². The lowest BCUT2D eigenvalue weighted by molar-refractivity contribution is 0.332. The number of aryl methyl sites for hydroxylation is 2. The van der Waals surface area contributed by atoms with Crippen molar-refractivity contribution < 1.29 is 0 Å². The smallest absolute Gasteiger partial charge is 0.142 e. The average molecular weight is 667 g/mol. The number of allylic oxidation sites excluding steroid dienone is 3. The lowest BCUT2D eigenvalue weighted by Gasteiger charge is -2.43. The Morgan fingerprint density at radius 1 is 0.706 bits per heavy atom. The van der Waals surface area contributed by atoms with Crippen molar-refractivity contribution in [1.29, 1.82) is 0 Å². The lowest BCUT2D eigenvalue weighted by atomic mass is 9.63. The molecule has 1 aliphatic heterocycles. The summed E-state index contributed by atoms with van der Waals surface area (Å²) in [5, 5.41) is 0. The zero-order valence-electron chi connectivity index (χ0n) is 31.8. The van der Waals surface area contributed by atoms with Crippen LogP contribution in [0.25, 0.3) is 16.7 Å². The summed E-state index contributed by atoms with van der Waals surface area (Å²) in [5.41, 5.74) is 30.5. The summed E-state index contributed by atoms with van der Waals surface area (Å²) in [5.74, 6) is 0. The molecule has 2 N–H and O–H groups in total. The Morgan fingerprint density at radius 2 is 1.33 bits per heavy atom. The molecule has 5 aromatic rings. The Bertz CT molecular complexity index is 2270. The van der Waals surface area contributed by atoms with Gasteiger partial charge < -0.3 is 10.6 Å². The normalized spacial score (nSPS) is 18.4. The molecule has 2 nitrogen and oxygen atoms in total. The Hall–Kier alpha value is -4.76. The van der Waals surface area contributed by atoms with Crippen molar-refractivity contribution in [2.75, 3.05) is 10.6 Å². The molecule has 8 rings (SSSR count). The molecule has 5 aromatic carbocycles. The molecule has 2 bridgehead atoms. The summed E-state index contributed by atoms with van der Waals surface area (Å²) >= 11 is 0. The van der Waals surface area contributed by atoms with E-state index in [1.54, 1.807) is 0 Å². The Labute approximate surface area is 306 Å². The molecular weight excluding hydrogens is 615 g/mol. The maximum atomic E-state index is 6.59. The molecular formula is C48H51BN2. The molecule has 0 atom stereocenters. The molecule has 3 heteroatoms. The number of rotatable bonds is 4. The fraction of sp³-hybridized carbons (Fsp3) is 0.292. The van der Waals surface area contributed by atoms with Gasteiger partial charge >= 0.3 is 0 Å². The van der Waals surface area contributed by atoms with Crippen molar-refractivity contribution in [3.05, 3.63) is 158 Å². The second-order valence-corrected chi connectivity index (χ2v) is 16.9. The summed E-state index contributed by atoms with van der Waals surface area (Å²) in [7, 11) is 2.33. The maximum absolute atomic E-state index is 6.59. The van der Waals surface area contributed by atoms with Crippen LogP contribution < -0.4 is 16.1 Å². The second kappa shape index (κ2) is 12.2. The zero-order valence-corrected chi connectivity index (χ0v) is 31.8. The van der Waals surface area contributed by atoms with Crippen LogP contribution in [0.15, 0.2) is 108 Å². The van der Waals surface area contributed by atoms with Gasteiger partial charge in [-0.3, -0.25) is 0 Å². The van der Waals surface area contributed by atoms with E-state index in [0.29, 0.717) is 0 Å². The summed E-state index contributed by atoms with van der Waals surface area (Å²) in [6.45, 7) is 16.7. The lowest BCUT2D eigenvalue weighted by Crippen LogP contribution is -2.35. The molecule has 0 amide bonds. The first-order valence-corrected chi connectivity index (χ1v) is 18.8. The van der Waals surface area contributed by atoms with Crippen LogP contribution in [-0.2, 0) is 30.1 Å². The van der Waals surface area contributed by atoms with Crippen LogP contribution in [0.4, 0.5) is 17.1 Å². The van der Waals surface area contributed by atoms with E-state index in [2.05, 4.69) is 146 Å². The highest BCUT2D eigenvalue weighted by Crippen LogP contribution is 2.50. The van der Waals surface area contributed by atoms with E-state index >= 15 is 0 Å². The van der Waals surface area contributed by atoms with Crippen molar-refractivity contribution in [1.82, 2.24) is 0 Å².